The van der Waals surface area contributed by atoms with E-state index in [1.54, 1.807) is 29.1 Å². The van der Waals surface area contributed by atoms with E-state index in [1.807, 2.05) is 14.0 Å². The Morgan fingerprint density at radius 1 is 1.53 bits per heavy atom. The van der Waals surface area contributed by atoms with Gasteiger partial charge in [-0.05, 0) is 19.1 Å². The summed E-state index contributed by atoms with van der Waals surface area (Å²) in [5, 5.41) is 20.2. The Kier molecular flexibility index (Phi) is 3.71. The minimum absolute atomic E-state index is 0.0539. The lowest BCUT2D eigenvalue weighted by atomic mass is 10.1. The predicted molar refractivity (Wildman–Crippen MR) is 71.5 cm³/mol. The van der Waals surface area contributed by atoms with Gasteiger partial charge in [-0.3, -0.25) is 0 Å². The Hall–Kier alpha value is -2.08. The van der Waals surface area contributed by atoms with Crippen LogP contribution in [0, 0.1) is 0 Å². The number of halogens is 1. The van der Waals surface area contributed by atoms with Crippen LogP contribution in [0.4, 0.5) is 5.69 Å². The maximum absolute atomic E-state index is 11.2. The number of benzene rings is 1. The van der Waals surface area contributed by atoms with Crippen LogP contribution in [0.25, 0.3) is 0 Å². The van der Waals surface area contributed by atoms with Gasteiger partial charge in [-0.1, -0.05) is 17.7 Å². The number of nitrogens with one attached hydrogen (secondary N) is 1. The van der Waals surface area contributed by atoms with Crippen LogP contribution < -0.4 is 5.32 Å². The van der Waals surface area contributed by atoms with Gasteiger partial charge >= 0.3 is 5.97 Å². The number of anilines is 1. The smallest absolute Gasteiger partial charge is 0.339 e. The zero-order valence-corrected chi connectivity index (χ0v) is 11.2. The average molecular weight is 281 g/mol. The van der Waals surface area contributed by atoms with Crippen molar-refractivity contribution in [3.63, 3.8) is 0 Å². The predicted octanol–water partition coefficient (Wildman–Crippen LogP) is 2.34. The van der Waals surface area contributed by atoms with Crippen LogP contribution in [0.2, 0.25) is 5.02 Å². The summed E-state index contributed by atoms with van der Waals surface area (Å²) in [6, 6.07) is 4.72. The molecule has 0 saturated carbocycles. The van der Waals surface area contributed by atoms with Crippen LogP contribution in [-0.2, 0) is 7.05 Å². The van der Waals surface area contributed by atoms with E-state index in [0.717, 1.165) is 0 Å². The lowest BCUT2D eigenvalue weighted by Gasteiger charge is -2.16. The van der Waals surface area contributed by atoms with Gasteiger partial charge in [0.2, 0.25) is 0 Å². The summed E-state index contributed by atoms with van der Waals surface area (Å²) in [6.45, 7) is 1.87. The second-order valence-electron chi connectivity index (χ2n) is 4.13. The van der Waals surface area contributed by atoms with Gasteiger partial charge in [0, 0.05) is 7.05 Å². The van der Waals surface area contributed by atoms with Gasteiger partial charge < -0.3 is 15.0 Å². The molecule has 1 heterocycles. The molecule has 0 aliphatic heterocycles. The van der Waals surface area contributed by atoms with E-state index in [-0.39, 0.29) is 16.6 Å². The molecule has 1 unspecified atom stereocenters. The molecule has 0 bridgehead atoms. The molecule has 0 fully saturated rings. The Morgan fingerprint density at radius 2 is 2.26 bits per heavy atom. The molecule has 1 atom stereocenters. The molecule has 0 amide bonds. The van der Waals surface area contributed by atoms with Gasteiger partial charge in [0.1, 0.15) is 11.9 Å². The quantitative estimate of drug-likeness (QED) is 0.898. The summed E-state index contributed by atoms with van der Waals surface area (Å²) in [6.07, 6.45) is 1.59. The standard InChI is InChI=1S/C12H13ClN4O2/c1-7(11-16-14-6-17(11)2)15-9-5-3-4-8(13)10(9)12(18)19/h3-7,15H,1-2H3,(H,18,19). The zero-order chi connectivity index (χ0) is 14.0. The van der Waals surface area contributed by atoms with Gasteiger partial charge in [0.05, 0.1) is 16.8 Å². The first-order chi connectivity index (χ1) is 9.00. The Morgan fingerprint density at radius 3 is 2.84 bits per heavy atom. The largest absolute Gasteiger partial charge is 0.478 e. The molecular formula is C12H13ClN4O2. The highest BCUT2D eigenvalue weighted by molar-refractivity contribution is 6.34. The number of aromatic carboxylic acids is 1. The van der Waals surface area contributed by atoms with Gasteiger partial charge in [0.15, 0.2) is 5.82 Å². The molecular weight excluding hydrogens is 268 g/mol. The van der Waals surface area contributed by atoms with Gasteiger partial charge in [-0.25, -0.2) is 4.79 Å². The number of hydrogen-bond donors (Lipinski definition) is 2. The van der Waals surface area contributed by atoms with Crippen molar-refractivity contribution in [2.24, 2.45) is 7.05 Å². The molecule has 2 N–H and O–H groups in total. The maximum Gasteiger partial charge on any atom is 0.339 e. The number of nitrogens with zero attached hydrogens (tertiary/aromatic N) is 3. The number of carboxylic acid groups (broad SMARTS) is 1. The molecule has 1 aromatic carbocycles. The van der Waals surface area contributed by atoms with Crippen LogP contribution in [0.1, 0.15) is 29.1 Å². The van der Waals surface area contributed by atoms with Crippen molar-refractivity contribution in [2.45, 2.75) is 13.0 Å². The number of aromatic nitrogens is 3. The number of hydrogen-bond acceptors (Lipinski definition) is 4. The summed E-state index contributed by atoms with van der Waals surface area (Å²) in [4.78, 5) is 11.2. The minimum atomic E-state index is -1.07. The molecule has 100 valence electrons. The van der Waals surface area contributed by atoms with Crippen molar-refractivity contribution in [1.29, 1.82) is 0 Å². The van der Waals surface area contributed by atoms with Crippen molar-refractivity contribution in [1.82, 2.24) is 14.8 Å². The summed E-state index contributed by atoms with van der Waals surface area (Å²) < 4.78 is 1.77. The highest BCUT2D eigenvalue weighted by Gasteiger charge is 2.18. The van der Waals surface area contributed by atoms with E-state index >= 15 is 0 Å². The first kappa shape index (κ1) is 13.4. The van der Waals surface area contributed by atoms with Crippen molar-refractivity contribution < 1.29 is 9.90 Å². The Balaban J connectivity index is 2.32. The number of carboxylic acids is 1. The first-order valence-electron chi connectivity index (χ1n) is 5.63. The fourth-order valence-corrected chi connectivity index (χ4v) is 2.10. The Labute approximate surface area is 115 Å². The van der Waals surface area contributed by atoms with Crippen molar-refractivity contribution >= 4 is 23.3 Å². The topological polar surface area (TPSA) is 80.0 Å². The van der Waals surface area contributed by atoms with Crippen LogP contribution in [0.15, 0.2) is 24.5 Å². The van der Waals surface area contributed by atoms with Crippen molar-refractivity contribution in [3.8, 4) is 0 Å². The molecule has 0 spiro atoms. The lowest BCUT2D eigenvalue weighted by molar-refractivity contribution is 0.0698. The number of aryl methyl sites for hydroxylation is 1. The fraction of sp³-hybridized carbons (Fsp3) is 0.250. The SMILES string of the molecule is CC(Nc1cccc(Cl)c1C(=O)O)c1nncn1C. The monoisotopic (exact) mass is 280 g/mol. The second-order valence-corrected chi connectivity index (χ2v) is 4.54. The number of carbonyl (C=O) groups is 1. The third-order valence-corrected chi connectivity index (χ3v) is 3.05. The van der Waals surface area contributed by atoms with Crippen molar-refractivity contribution in [3.05, 3.63) is 40.9 Å². The van der Waals surface area contributed by atoms with Crippen LogP contribution in [-0.4, -0.2) is 25.8 Å². The lowest BCUT2D eigenvalue weighted by Crippen LogP contribution is -2.14. The summed E-state index contributed by atoms with van der Waals surface area (Å²) in [5.74, 6) is -0.366. The molecule has 7 heteroatoms. The van der Waals surface area contributed by atoms with Gasteiger partial charge in [-0.2, -0.15) is 0 Å². The van der Waals surface area contributed by atoms with Gasteiger partial charge in [-0.15, -0.1) is 10.2 Å². The maximum atomic E-state index is 11.2. The van der Waals surface area contributed by atoms with Crippen LogP contribution >= 0.6 is 11.6 Å². The van der Waals surface area contributed by atoms with Gasteiger partial charge in [0.25, 0.3) is 0 Å². The third-order valence-electron chi connectivity index (χ3n) is 2.73. The number of rotatable bonds is 4. The molecule has 6 nitrogen and oxygen atoms in total. The highest BCUT2D eigenvalue weighted by atomic mass is 35.5. The van der Waals surface area contributed by atoms with Crippen molar-refractivity contribution in [2.75, 3.05) is 5.32 Å². The first-order valence-corrected chi connectivity index (χ1v) is 6.00. The zero-order valence-electron chi connectivity index (χ0n) is 10.5. The molecule has 0 aliphatic rings. The van der Waals surface area contributed by atoms with E-state index in [4.69, 9.17) is 11.6 Å². The van der Waals surface area contributed by atoms with Crippen LogP contribution in [0.5, 0.6) is 0 Å². The molecule has 0 aliphatic carbocycles. The fourth-order valence-electron chi connectivity index (χ4n) is 1.84. The molecule has 19 heavy (non-hydrogen) atoms. The minimum Gasteiger partial charge on any atom is -0.478 e. The van der Waals surface area contributed by atoms with Crippen LogP contribution in [0.3, 0.4) is 0 Å². The highest BCUT2D eigenvalue weighted by Crippen LogP contribution is 2.27. The van der Waals surface area contributed by atoms with E-state index in [2.05, 4.69) is 15.5 Å². The molecule has 0 radical (unpaired) electrons. The van der Waals surface area contributed by atoms with E-state index in [0.29, 0.717) is 11.5 Å². The third kappa shape index (κ3) is 2.68. The van der Waals surface area contributed by atoms with E-state index in [1.165, 1.54) is 0 Å². The molecule has 2 aromatic rings. The summed E-state index contributed by atoms with van der Waals surface area (Å²) in [5.41, 5.74) is 0.508. The Bertz CT molecular complexity index is 612. The normalized spacial score (nSPS) is 12.2. The van der Waals surface area contributed by atoms with E-state index in [9.17, 15) is 9.90 Å². The summed E-state index contributed by atoms with van der Waals surface area (Å²) in [7, 11) is 1.82. The molecule has 2 rings (SSSR count). The summed E-state index contributed by atoms with van der Waals surface area (Å²) >= 11 is 5.91. The molecule has 0 saturated heterocycles. The average Bonchev–Trinajstić information content (AvgIpc) is 2.75. The molecule has 1 aromatic heterocycles. The second kappa shape index (κ2) is 5.27. The van der Waals surface area contributed by atoms with E-state index < -0.39 is 5.97 Å².